The number of carbonyl (C=O) groups excluding carboxylic acids is 1. The molecule has 0 aromatic rings. The van der Waals surface area contributed by atoms with E-state index in [1.165, 1.54) is 0 Å². The average Bonchev–Trinajstić information content (AvgIpc) is 1.80. The van der Waals surface area contributed by atoms with E-state index in [4.69, 9.17) is 5.73 Å². The lowest BCUT2D eigenvalue weighted by Crippen LogP contribution is -2.20. The van der Waals surface area contributed by atoms with Gasteiger partial charge in [-0.1, -0.05) is 0 Å². The molecule has 6 heteroatoms. The van der Waals surface area contributed by atoms with Crippen molar-refractivity contribution in [3.63, 3.8) is 0 Å². The first-order valence-corrected chi connectivity index (χ1v) is 3.65. The number of ketones is 1. The first-order chi connectivity index (χ1) is 5.31. The fourth-order valence-electron chi connectivity index (χ4n) is 0.742. The summed E-state index contributed by atoms with van der Waals surface area (Å²) in [6.45, 7) is 1.59. The zero-order chi connectivity index (χ0) is 9.78. The van der Waals surface area contributed by atoms with E-state index >= 15 is 0 Å². The van der Waals surface area contributed by atoms with Crippen LogP contribution in [0.3, 0.4) is 0 Å². The number of alkyl halides is 3. The molecule has 0 amide bonds. The minimum Gasteiger partial charge on any atom is -0.328 e. The molecule has 0 rings (SSSR count). The van der Waals surface area contributed by atoms with E-state index < -0.39 is 24.8 Å². The standard InChI is InChI=1S/C7H12F3NO.ClH/c1-5(11)4-6(12)2-3-7(8,9)10;/h5H,2-4,11H2,1H3;1H/t5-;/m1./s1. The van der Waals surface area contributed by atoms with E-state index in [2.05, 4.69) is 0 Å². The van der Waals surface area contributed by atoms with Crippen molar-refractivity contribution in [3.05, 3.63) is 0 Å². The Morgan fingerprint density at radius 2 is 1.92 bits per heavy atom. The van der Waals surface area contributed by atoms with Crippen LogP contribution in [0.15, 0.2) is 0 Å². The van der Waals surface area contributed by atoms with Crippen molar-refractivity contribution in [1.29, 1.82) is 0 Å². The lowest BCUT2D eigenvalue weighted by Gasteiger charge is -2.06. The van der Waals surface area contributed by atoms with E-state index in [0.29, 0.717) is 0 Å². The van der Waals surface area contributed by atoms with Gasteiger partial charge in [0.1, 0.15) is 5.78 Å². The molecule has 0 saturated carbocycles. The summed E-state index contributed by atoms with van der Waals surface area (Å²) < 4.78 is 34.7. The second-order valence-electron chi connectivity index (χ2n) is 2.84. The van der Waals surface area contributed by atoms with E-state index in [1.54, 1.807) is 6.92 Å². The molecule has 0 heterocycles. The summed E-state index contributed by atoms with van der Waals surface area (Å²) in [5.41, 5.74) is 5.23. The summed E-state index contributed by atoms with van der Waals surface area (Å²) >= 11 is 0. The van der Waals surface area contributed by atoms with Crippen LogP contribution in [-0.4, -0.2) is 18.0 Å². The highest BCUT2D eigenvalue weighted by Crippen LogP contribution is 2.21. The largest absolute Gasteiger partial charge is 0.389 e. The number of halogens is 4. The quantitative estimate of drug-likeness (QED) is 0.787. The van der Waals surface area contributed by atoms with Crippen LogP contribution in [0.5, 0.6) is 0 Å². The van der Waals surface area contributed by atoms with Gasteiger partial charge in [0.25, 0.3) is 0 Å². The van der Waals surface area contributed by atoms with Crippen LogP contribution in [-0.2, 0) is 4.79 Å². The van der Waals surface area contributed by atoms with E-state index in [9.17, 15) is 18.0 Å². The average molecular weight is 220 g/mol. The molecule has 0 spiro atoms. The van der Waals surface area contributed by atoms with Crippen molar-refractivity contribution in [1.82, 2.24) is 0 Å². The molecule has 13 heavy (non-hydrogen) atoms. The maximum Gasteiger partial charge on any atom is 0.389 e. The van der Waals surface area contributed by atoms with Crippen molar-refractivity contribution >= 4 is 18.2 Å². The van der Waals surface area contributed by atoms with Crippen LogP contribution in [0, 0.1) is 0 Å². The van der Waals surface area contributed by atoms with Gasteiger partial charge in [-0.3, -0.25) is 4.79 Å². The van der Waals surface area contributed by atoms with Gasteiger partial charge in [-0.25, -0.2) is 0 Å². The van der Waals surface area contributed by atoms with Gasteiger partial charge < -0.3 is 5.73 Å². The molecule has 0 aliphatic heterocycles. The predicted molar refractivity (Wildman–Crippen MR) is 45.8 cm³/mol. The van der Waals surface area contributed by atoms with Gasteiger partial charge >= 0.3 is 6.18 Å². The maximum atomic E-state index is 11.6. The van der Waals surface area contributed by atoms with Gasteiger partial charge in [0.05, 0.1) is 6.42 Å². The van der Waals surface area contributed by atoms with E-state index in [1.807, 2.05) is 0 Å². The molecule has 80 valence electrons. The van der Waals surface area contributed by atoms with Crippen LogP contribution >= 0.6 is 12.4 Å². The summed E-state index contributed by atoms with van der Waals surface area (Å²) in [5, 5.41) is 0. The van der Waals surface area contributed by atoms with Crippen LogP contribution in [0.25, 0.3) is 0 Å². The van der Waals surface area contributed by atoms with Gasteiger partial charge in [-0.15, -0.1) is 12.4 Å². The molecule has 0 unspecified atom stereocenters. The van der Waals surface area contributed by atoms with E-state index in [-0.39, 0.29) is 24.9 Å². The number of carbonyl (C=O) groups is 1. The van der Waals surface area contributed by atoms with Crippen LogP contribution < -0.4 is 5.73 Å². The SMILES string of the molecule is C[C@@H](N)CC(=O)CCC(F)(F)F.Cl. The monoisotopic (exact) mass is 219 g/mol. The number of hydrogen-bond acceptors (Lipinski definition) is 2. The molecule has 0 aliphatic rings. The smallest absolute Gasteiger partial charge is 0.328 e. The molecular formula is C7H13ClF3NO. The molecule has 0 saturated heterocycles. The maximum absolute atomic E-state index is 11.6. The van der Waals surface area contributed by atoms with Crippen molar-refractivity contribution in [3.8, 4) is 0 Å². The lowest BCUT2D eigenvalue weighted by molar-refractivity contribution is -0.143. The molecule has 2 nitrogen and oxygen atoms in total. The Kier molecular flexibility index (Phi) is 7.26. The normalized spacial score (nSPS) is 13.3. The molecule has 2 N–H and O–H groups in total. The molecule has 0 aliphatic carbocycles. The zero-order valence-electron chi connectivity index (χ0n) is 7.23. The van der Waals surface area contributed by atoms with Gasteiger partial charge in [0.2, 0.25) is 0 Å². The Balaban J connectivity index is 0. The van der Waals surface area contributed by atoms with Crippen molar-refractivity contribution in [2.24, 2.45) is 5.73 Å². The van der Waals surface area contributed by atoms with Crippen LogP contribution in [0.1, 0.15) is 26.2 Å². The van der Waals surface area contributed by atoms with E-state index in [0.717, 1.165) is 0 Å². The first-order valence-electron chi connectivity index (χ1n) is 3.65. The molecule has 1 atom stereocenters. The van der Waals surface area contributed by atoms with Crippen molar-refractivity contribution < 1.29 is 18.0 Å². The minimum atomic E-state index is -4.24. The molecule has 0 fully saturated rings. The van der Waals surface area contributed by atoms with Crippen LogP contribution in [0.2, 0.25) is 0 Å². The summed E-state index contributed by atoms with van der Waals surface area (Å²) in [7, 11) is 0. The summed E-state index contributed by atoms with van der Waals surface area (Å²) in [6, 6.07) is -0.356. The fourth-order valence-corrected chi connectivity index (χ4v) is 0.742. The van der Waals surface area contributed by atoms with Gasteiger partial charge in [-0.2, -0.15) is 13.2 Å². The fraction of sp³-hybridized carbons (Fsp3) is 0.857. The molecular weight excluding hydrogens is 207 g/mol. The Labute approximate surface area is 81.1 Å². The number of nitrogens with two attached hydrogens (primary N) is 1. The molecule has 0 aromatic carbocycles. The Bertz CT molecular complexity index is 158. The summed E-state index contributed by atoms with van der Waals surface area (Å²) in [4.78, 5) is 10.7. The third-order valence-corrected chi connectivity index (χ3v) is 1.24. The molecule has 0 bridgehead atoms. The predicted octanol–water partition coefficient (Wildman–Crippen LogP) is 2.06. The number of Topliss-reactive ketones (excluding diaryl/α,β-unsaturated/α-hetero) is 1. The third-order valence-electron chi connectivity index (χ3n) is 1.24. The molecule has 0 radical (unpaired) electrons. The Morgan fingerprint density at radius 3 is 2.23 bits per heavy atom. The second kappa shape index (κ2) is 6.21. The summed E-state index contributed by atoms with van der Waals surface area (Å²) in [6.07, 6.45) is -5.72. The summed E-state index contributed by atoms with van der Waals surface area (Å²) in [5.74, 6) is -0.428. The minimum absolute atomic E-state index is 0. The van der Waals surface area contributed by atoms with Gasteiger partial charge in [0, 0.05) is 18.9 Å². The van der Waals surface area contributed by atoms with Crippen LogP contribution in [0.4, 0.5) is 13.2 Å². The lowest BCUT2D eigenvalue weighted by atomic mass is 10.1. The third kappa shape index (κ3) is 11.7. The second-order valence-corrected chi connectivity index (χ2v) is 2.84. The van der Waals surface area contributed by atoms with Crippen molar-refractivity contribution in [2.45, 2.75) is 38.4 Å². The number of hydrogen-bond donors (Lipinski definition) is 1. The Morgan fingerprint density at radius 1 is 1.46 bits per heavy atom. The highest BCUT2D eigenvalue weighted by molar-refractivity contribution is 5.85. The van der Waals surface area contributed by atoms with Gasteiger partial charge in [0.15, 0.2) is 0 Å². The highest BCUT2D eigenvalue weighted by Gasteiger charge is 2.27. The number of rotatable bonds is 4. The first kappa shape index (κ1) is 15.2. The van der Waals surface area contributed by atoms with Crippen molar-refractivity contribution in [2.75, 3.05) is 0 Å². The zero-order valence-corrected chi connectivity index (χ0v) is 8.04. The highest BCUT2D eigenvalue weighted by atomic mass is 35.5. The Hall–Kier alpha value is -0.290. The topological polar surface area (TPSA) is 43.1 Å². The molecule has 0 aromatic heterocycles. The van der Waals surface area contributed by atoms with Gasteiger partial charge in [-0.05, 0) is 6.92 Å².